The average molecular weight is 449 g/mol. The third-order valence-electron chi connectivity index (χ3n) is 6.30. The summed E-state index contributed by atoms with van der Waals surface area (Å²) in [5.41, 5.74) is 1.58. The molecule has 0 unspecified atom stereocenters. The van der Waals surface area contributed by atoms with E-state index in [1.807, 2.05) is 31.2 Å². The highest BCUT2D eigenvalue weighted by atomic mass is 16.5. The van der Waals surface area contributed by atoms with E-state index in [0.717, 1.165) is 49.4 Å². The van der Waals surface area contributed by atoms with E-state index in [1.165, 1.54) is 17.3 Å². The largest absolute Gasteiger partial charge is 0.352 e. The van der Waals surface area contributed by atoms with Crippen LogP contribution < -0.4 is 10.9 Å². The van der Waals surface area contributed by atoms with Crippen LogP contribution in [0.2, 0.25) is 0 Å². The highest BCUT2D eigenvalue weighted by Gasteiger charge is 2.21. The predicted molar refractivity (Wildman–Crippen MR) is 124 cm³/mol. The van der Waals surface area contributed by atoms with Gasteiger partial charge in [-0.1, -0.05) is 49.5 Å². The number of benzene rings is 1. The Bertz CT molecular complexity index is 1350. The van der Waals surface area contributed by atoms with Crippen molar-refractivity contribution >= 4 is 27.8 Å². The summed E-state index contributed by atoms with van der Waals surface area (Å²) in [6, 6.07) is 7.88. The van der Waals surface area contributed by atoms with Crippen LogP contribution >= 0.6 is 0 Å². The van der Waals surface area contributed by atoms with E-state index in [4.69, 9.17) is 4.52 Å². The Kier molecular flexibility index (Phi) is 5.93. The first kappa shape index (κ1) is 21.4. The maximum absolute atomic E-state index is 13.5. The van der Waals surface area contributed by atoms with E-state index >= 15 is 0 Å². The number of nitrogens with one attached hydrogen (secondary N) is 1. The lowest BCUT2D eigenvalue weighted by Gasteiger charge is -2.23. The van der Waals surface area contributed by atoms with Gasteiger partial charge in [-0.2, -0.15) is 4.98 Å². The Morgan fingerprint density at radius 2 is 2.03 bits per heavy atom. The zero-order valence-corrected chi connectivity index (χ0v) is 18.8. The van der Waals surface area contributed by atoms with Gasteiger partial charge in [-0.3, -0.25) is 14.2 Å². The normalized spacial score (nSPS) is 14.8. The molecule has 0 radical (unpaired) electrons. The molecular formula is C24H28N6O3. The molecule has 1 saturated carbocycles. The van der Waals surface area contributed by atoms with Gasteiger partial charge < -0.3 is 14.4 Å². The number of amides is 1. The van der Waals surface area contributed by atoms with Crippen molar-refractivity contribution in [3.05, 3.63) is 52.7 Å². The van der Waals surface area contributed by atoms with Crippen LogP contribution in [0.3, 0.4) is 0 Å². The Morgan fingerprint density at radius 3 is 2.85 bits per heavy atom. The minimum Gasteiger partial charge on any atom is -0.352 e. The summed E-state index contributed by atoms with van der Waals surface area (Å²) in [6.45, 7) is 2.25. The van der Waals surface area contributed by atoms with Crippen molar-refractivity contribution in [3.63, 3.8) is 0 Å². The number of rotatable bonds is 7. The van der Waals surface area contributed by atoms with E-state index < -0.39 is 0 Å². The molecule has 1 aromatic carbocycles. The number of aryl methyl sites for hydroxylation is 1. The second-order valence-corrected chi connectivity index (χ2v) is 8.73. The topological polar surface area (TPSA) is 108 Å². The van der Waals surface area contributed by atoms with Crippen LogP contribution in [0.15, 0.2) is 39.9 Å². The molecule has 1 N–H and O–H groups in total. The predicted octanol–water partition coefficient (Wildman–Crippen LogP) is 3.18. The first-order valence-electron chi connectivity index (χ1n) is 11.7. The molecule has 1 amide bonds. The van der Waals surface area contributed by atoms with E-state index in [9.17, 15) is 9.59 Å². The van der Waals surface area contributed by atoms with Gasteiger partial charge in [0, 0.05) is 17.8 Å². The zero-order valence-electron chi connectivity index (χ0n) is 18.8. The third kappa shape index (κ3) is 4.27. The number of aromatic nitrogens is 5. The molecule has 3 aromatic heterocycles. The van der Waals surface area contributed by atoms with Crippen molar-refractivity contribution in [1.29, 1.82) is 0 Å². The summed E-state index contributed by atoms with van der Waals surface area (Å²) in [5.74, 6) is 0.906. The fourth-order valence-electron chi connectivity index (χ4n) is 4.71. The molecule has 0 saturated heterocycles. The number of para-hydroxylation sites is 1. The molecule has 1 aliphatic rings. The van der Waals surface area contributed by atoms with Crippen molar-refractivity contribution in [2.75, 3.05) is 0 Å². The lowest BCUT2D eigenvalue weighted by molar-refractivity contribution is -0.122. The molecular weight excluding hydrogens is 420 g/mol. The lowest BCUT2D eigenvalue weighted by Crippen LogP contribution is -2.38. The number of hydrogen-bond donors (Lipinski definition) is 1. The first-order valence-corrected chi connectivity index (χ1v) is 11.7. The van der Waals surface area contributed by atoms with Crippen molar-refractivity contribution in [3.8, 4) is 0 Å². The lowest BCUT2D eigenvalue weighted by atomic mass is 9.95. The van der Waals surface area contributed by atoms with Gasteiger partial charge in [0.1, 0.15) is 24.1 Å². The Hall–Kier alpha value is -3.49. The second kappa shape index (κ2) is 9.17. The van der Waals surface area contributed by atoms with E-state index in [1.54, 1.807) is 4.57 Å². The summed E-state index contributed by atoms with van der Waals surface area (Å²) in [7, 11) is 0. The standard InChI is InChI=1S/C24H28N6O3/c1-2-8-19-27-21(33-28-19)14-29-15-25-22-17-11-6-7-12-18(17)30(23(22)24(29)32)13-20(31)26-16-9-4-3-5-10-16/h6-7,11-12,15-16H,2-5,8-10,13-14H2,1H3,(H,26,31). The van der Waals surface area contributed by atoms with Gasteiger partial charge in [-0.05, 0) is 25.3 Å². The number of fused-ring (bicyclic) bond motifs is 3. The molecule has 9 nitrogen and oxygen atoms in total. The van der Waals surface area contributed by atoms with Gasteiger partial charge in [0.2, 0.25) is 11.8 Å². The smallest absolute Gasteiger partial charge is 0.278 e. The van der Waals surface area contributed by atoms with Crippen LogP contribution in [0, 0.1) is 0 Å². The molecule has 0 bridgehead atoms. The summed E-state index contributed by atoms with van der Waals surface area (Å²) >= 11 is 0. The summed E-state index contributed by atoms with van der Waals surface area (Å²) in [6.07, 6.45) is 8.68. The van der Waals surface area contributed by atoms with Gasteiger partial charge in [0.15, 0.2) is 5.82 Å². The van der Waals surface area contributed by atoms with Gasteiger partial charge in [0.25, 0.3) is 5.56 Å². The second-order valence-electron chi connectivity index (χ2n) is 8.73. The fraction of sp³-hybridized carbons (Fsp3) is 0.458. The number of carbonyl (C=O) groups excluding carboxylic acids is 1. The fourth-order valence-corrected chi connectivity index (χ4v) is 4.71. The maximum Gasteiger partial charge on any atom is 0.278 e. The molecule has 0 atom stereocenters. The van der Waals surface area contributed by atoms with Crippen LogP contribution in [0.25, 0.3) is 21.9 Å². The highest BCUT2D eigenvalue weighted by Crippen LogP contribution is 2.25. The Balaban J connectivity index is 1.51. The average Bonchev–Trinajstić information content (AvgIpc) is 3.39. The van der Waals surface area contributed by atoms with Crippen LogP contribution in [-0.2, 0) is 24.3 Å². The summed E-state index contributed by atoms with van der Waals surface area (Å²) in [4.78, 5) is 35.4. The van der Waals surface area contributed by atoms with Crippen molar-refractivity contribution in [2.24, 2.45) is 0 Å². The molecule has 1 fully saturated rings. The molecule has 4 aromatic rings. The molecule has 0 aliphatic heterocycles. The zero-order chi connectivity index (χ0) is 22.8. The van der Waals surface area contributed by atoms with Crippen LogP contribution in [0.1, 0.15) is 57.2 Å². The minimum absolute atomic E-state index is 0.0721. The number of hydrogen-bond acceptors (Lipinski definition) is 6. The van der Waals surface area contributed by atoms with E-state index in [0.29, 0.717) is 22.7 Å². The van der Waals surface area contributed by atoms with Crippen molar-refractivity contribution in [1.82, 2.24) is 29.6 Å². The number of carbonyl (C=O) groups is 1. The quantitative estimate of drug-likeness (QED) is 0.465. The van der Waals surface area contributed by atoms with E-state index in [-0.39, 0.29) is 30.6 Å². The molecule has 33 heavy (non-hydrogen) atoms. The van der Waals surface area contributed by atoms with Gasteiger partial charge in [-0.25, -0.2) is 4.98 Å². The van der Waals surface area contributed by atoms with Crippen LogP contribution in [0.5, 0.6) is 0 Å². The van der Waals surface area contributed by atoms with Crippen LogP contribution in [0.4, 0.5) is 0 Å². The van der Waals surface area contributed by atoms with Gasteiger partial charge in [0.05, 0.1) is 11.8 Å². The van der Waals surface area contributed by atoms with Gasteiger partial charge >= 0.3 is 0 Å². The molecule has 172 valence electrons. The van der Waals surface area contributed by atoms with Gasteiger partial charge in [-0.15, -0.1) is 0 Å². The minimum atomic E-state index is -0.239. The Labute approximate surface area is 190 Å². The summed E-state index contributed by atoms with van der Waals surface area (Å²) < 4.78 is 8.55. The molecule has 5 rings (SSSR count). The Morgan fingerprint density at radius 1 is 1.21 bits per heavy atom. The third-order valence-corrected chi connectivity index (χ3v) is 6.30. The summed E-state index contributed by atoms with van der Waals surface area (Å²) in [5, 5.41) is 7.97. The monoisotopic (exact) mass is 448 g/mol. The molecule has 0 spiro atoms. The molecule has 3 heterocycles. The maximum atomic E-state index is 13.5. The number of nitrogens with zero attached hydrogens (tertiary/aromatic N) is 5. The van der Waals surface area contributed by atoms with E-state index in [2.05, 4.69) is 20.4 Å². The first-order chi connectivity index (χ1) is 16.1. The van der Waals surface area contributed by atoms with Crippen molar-refractivity contribution < 1.29 is 9.32 Å². The van der Waals surface area contributed by atoms with Crippen molar-refractivity contribution in [2.45, 2.75) is 71.0 Å². The SMILES string of the molecule is CCCc1noc(Cn2cnc3c4ccccc4n(CC(=O)NC4CCCCC4)c3c2=O)n1. The van der Waals surface area contributed by atoms with Crippen LogP contribution in [-0.4, -0.2) is 36.2 Å². The molecule has 1 aliphatic carbocycles. The highest BCUT2D eigenvalue weighted by molar-refractivity contribution is 6.06. The molecule has 9 heteroatoms.